The van der Waals surface area contributed by atoms with Crippen molar-refractivity contribution in [3.63, 3.8) is 0 Å². The van der Waals surface area contributed by atoms with Crippen LogP contribution in [-0.2, 0) is 7.05 Å². The maximum Gasteiger partial charge on any atom is 0.239 e. The Balaban J connectivity index is 2.18. The summed E-state index contributed by atoms with van der Waals surface area (Å²) in [5, 5.41) is 5.52. The minimum absolute atomic E-state index is 1.29. The highest BCUT2D eigenvalue weighted by molar-refractivity contribution is 7.20. The molecular weight excluding hydrogens is 324 g/mol. The van der Waals surface area contributed by atoms with Crippen LogP contribution < -0.4 is 4.57 Å². The second-order valence-electron chi connectivity index (χ2n) is 6.99. The van der Waals surface area contributed by atoms with Gasteiger partial charge < -0.3 is 4.40 Å². The number of para-hydroxylation sites is 1. The first-order valence-electron chi connectivity index (χ1n) is 8.62. The van der Waals surface area contributed by atoms with Crippen molar-refractivity contribution in [3.05, 3.63) is 59.1 Å². The van der Waals surface area contributed by atoms with Crippen molar-refractivity contribution < 1.29 is 4.57 Å². The zero-order chi connectivity index (χ0) is 16.9. The van der Waals surface area contributed by atoms with Gasteiger partial charge >= 0.3 is 0 Å². The van der Waals surface area contributed by atoms with E-state index in [9.17, 15) is 0 Å². The summed E-state index contributed by atoms with van der Waals surface area (Å²) in [6, 6.07) is 17.8. The van der Waals surface area contributed by atoms with Crippen molar-refractivity contribution in [1.82, 2.24) is 4.40 Å². The SMILES string of the molecule is Cc1sc2cccc3c2c1c1c2c(cc(C)[n+]1C)c1ccccc1n32. The molecule has 25 heavy (non-hydrogen) atoms. The van der Waals surface area contributed by atoms with Gasteiger partial charge in [0.25, 0.3) is 0 Å². The van der Waals surface area contributed by atoms with Crippen molar-refractivity contribution in [2.45, 2.75) is 13.8 Å². The molecule has 0 aliphatic rings. The lowest BCUT2D eigenvalue weighted by molar-refractivity contribution is -0.650. The molecule has 4 aromatic heterocycles. The molecule has 2 aromatic carbocycles. The van der Waals surface area contributed by atoms with Crippen molar-refractivity contribution in [2.75, 3.05) is 0 Å². The summed E-state index contributed by atoms with van der Waals surface area (Å²) in [5.41, 5.74) is 6.61. The van der Waals surface area contributed by atoms with E-state index in [2.05, 4.69) is 78.4 Å². The normalized spacial score (nSPS) is 12.6. The second kappa shape index (κ2) is 4.30. The minimum Gasteiger partial charge on any atom is -0.303 e. The van der Waals surface area contributed by atoms with Gasteiger partial charge in [-0.1, -0.05) is 24.3 Å². The Hall–Kier alpha value is -2.65. The molecule has 3 heteroatoms. The van der Waals surface area contributed by atoms with Gasteiger partial charge in [0.1, 0.15) is 12.6 Å². The topological polar surface area (TPSA) is 8.29 Å². The van der Waals surface area contributed by atoms with Gasteiger partial charge in [0.15, 0.2) is 5.69 Å². The lowest BCUT2D eigenvalue weighted by atomic mass is 10.1. The van der Waals surface area contributed by atoms with Gasteiger partial charge in [-0.2, -0.15) is 4.57 Å². The third-order valence-electron chi connectivity index (χ3n) is 5.70. The summed E-state index contributed by atoms with van der Waals surface area (Å²) < 4.78 is 6.21. The van der Waals surface area contributed by atoms with E-state index in [0.717, 1.165) is 0 Å². The fourth-order valence-electron chi connectivity index (χ4n) is 4.54. The van der Waals surface area contributed by atoms with E-state index in [4.69, 9.17) is 0 Å². The van der Waals surface area contributed by atoms with E-state index in [-0.39, 0.29) is 0 Å². The number of aryl methyl sites for hydroxylation is 3. The summed E-state index contributed by atoms with van der Waals surface area (Å²) in [5.74, 6) is 0. The fraction of sp³-hybridized carbons (Fsp3) is 0.136. The third-order valence-corrected chi connectivity index (χ3v) is 6.77. The van der Waals surface area contributed by atoms with Gasteiger partial charge in [0, 0.05) is 38.7 Å². The summed E-state index contributed by atoms with van der Waals surface area (Å²) in [6.45, 7) is 4.47. The summed E-state index contributed by atoms with van der Waals surface area (Å²) >= 11 is 1.91. The van der Waals surface area contributed by atoms with Gasteiger partial charge in [-0.3, -0.25) is 0 Å². The van der Waals surface area contributed by atoms with Crippen LogP contribution in [0.5, 0.6) is 0 Å². The van der Waals surface area contributed by atoms with Crippen molar-refractivity contribution in [1.29, 1.82) is 0 Å². The van der Waals surface area contributed by atoms with Crippen LogP contribution in [0.1, 0.15) is 10.6 Å². The molecule has 0 spiro atoms. The molecule has 0 N–H and O–H groups in total. The van der Waals surface area contributed by atoms with Crippen molar-refractivity contribution >= 4 is 59.6 Å². The number of rotatable bonds is 0. The van der Waals surface area contributed by atoms with Crippen molar-refractivity contribution in [3.8, 4) is 0 Å². The second-order valence-corrected chi connectivity index (χ2v) is 8.25. The molecule has 2 nitrogen and oxygen atoms in total. The summed E-state index contributed by atoms with van der Waals surface area (Å²) in [4.78, 5) is 1.40. The number of hydrogen-bond acceptors (Lipinski definition) is 1. The molecule has 0 fully saturated rings. The van der Waals surface area contributed by atoms with Crippen LogP contribution in [-0.4, -0.2) is 4.40 Å². The van der Waals surface area contributed by atoms with Crippen molar-refractivity contribution in [2.24, 2.45) is 7.05 Å². The molecule has 0 amide bonds. The van der Waals surface area contributed by atoms with Gasteiger partial charge in [-0.05, 0) is 25.1 Å². The van der Waals surface area contributed by atoms with Gasteiger partial charge in [-0.15, -0.1) is 11.3 Å². The van der Waals surface area contributed by atoms with E-state index in [1.54, 1.807) is 0 Å². The first-order chi connectivity index (χ1) is 12.2. The maximum absolute atomic E-state index is 2.47. The van der Waals surface area contributed by atoms with Gasteiger partial charge in [0.2, 0.25) is 5.52 Å². The molecule has 0 atom stereocenters. The summed E-state index contributed by atoms with van der Waals surface area (Å²) in [6.07, 6.45) is 0. The Morgan fingerprint density at radius 3 is 2.56 bits per heavy atom. The average molecular weight is 341 g/mol. The van der Waals surface area contributed by atoms with Crippen LogP contribution in [0.2, 0.25) is 0 Å². The van der Waals surface area contributed by atoms with E-state index >= 15 is 0 Å². The molecule has 6 rings (SSSR count). The third kappa shape index (κ3) is 1.45. The maximum atomic E-state index is 2.47. The smallest absolute Gasteiger partial charge is 0.239 e. The van der Waals surface area contributed by atoms with Crippen LogP contribution in [0.4, 0.5) is 0 Å². The molecule has 0 saturated heterocycles. The lowest BCUT2D eigenvalue weighted by Crippen LogP contribution is -2.33. The van der Waals surface area contributed by atoms with Crippen LogP contribution >= 0.6 is 11.3 Å². The zero-order valence-corrected chi connectivity index (χ0v) is 15.2. The number of pyridine rings is 2. The molecule has 0 aliphatic carbocycles. The quantitative estimate of drug-likeness (QED) is 0.255. The fourth-order valence-corrected chi connectivity index (χ4v) is 5.63. The monoisotopic (exact) mass is 341 g/mol. The Bertz CT molecular complexity index is 1470. The Morgan fingerprint density at radius 1 is 0.880 bits per heavy atom. The molecule has 0 unspecified atom stereocenters. The number of aromatic nitrogens is 2. The van der Waals surface area contributed by atoms with E-state index in [1.165, 1.54) is 58.9 Å². The van der Waals surface area contributed by atoms with Crippen LogP contribution in [0.15, 0.2) is 48.5 Å². The predicted octanol–water partition coefficient (Wildman–Crippen LogP) is 5.49. The van der Waals surface area contributed by atoms with E-state index < -0.39 is 0 Å². The molecule has 120 valence electrons. The first kappa shape index (κ1) is 13.6. The Labute approximate surface area is 148 Å². The Morgan fingerprint density at radius 2 is 1.68 bits per heavy atom. The molecule has 0 saturated carbocycles. The largest absolute Gasteiger partial charge is 0.303 e. The number of nitrogens with zero attached hydrogens (tertiary/aromatic N) is 2. The molecular formula is C22H17N2S+. The van der Waals surface area contributed by atoms with Gasteiger partial charge in [-0.25, -0.2) is 0 Å². The number of thiophene rings is 1. The average Bonchev–Trinajstić information content (AvgIpc) is 3.12. The molecule has 0 aliphatic heterocycles. The number of fused-ring (bicyclic) bond motifs is 5. The highest BCUT2D eigenvalue weighted by Gasteiger charge is 2.26. The standard InChI is InChI=1S/C22H17N2S/c1-12-11-15-14-7-4-5-8-16(14)24-17-9-6-10-18-20(17)19(13(2)25-18)22(21(15)24)23(12)3/h4-11H,1-3H3/q+1. The highest BCUT2D eigenvalue weighted by Crippen LogP contribution is 2.43. The molecule has 6 aromatic rings. The molecule has 0 radical (unpaired) electrons. The lowest BCUT2D eigenvalue weighted by Gasteiger charge is -2.08. The first-order valence-corrected chi connectivity index (χ1v) is 9.44. The van der Waals surface area contributed by atoms with Crippen LogP contribution in [0.3, 0.4) is 0 Å². The van der Waals surface area contributed by atoms with Gasteiger partial charge in [0.05, 0.1) is 16.4 Å². The number of hydrogen-bond donors (Lipinski definition) is 0. The molecule has 0 bridgehead atoms. The van der Waals surface area contributed by atoms with Crippen LogP contribution in [0.25, 0.3) is 48.3 Å². The summed E-state index contributed by atoms with van der Waals surface area (Å²) in [7, 11) is 2.20. The minimum atomic E-state index is 1.29. The predicted molar refractivity (Wildman–Crippen MR) is 107 cm³/mol. The van der Waals surface area contributed by atoms with E-state index in [1.807, 2.05) is 11.3 Å². The molecule has 4 heterocycles. The number of benzene rings is 2. The van der Waals surface area contributed by atoms with Crippen LogP contribution in [0, 0.1) is 13.8 Å². The highest BCUT2D eigenvalue weighted by atomic mass is 32.1. The Kier molecular flexibility index (Phi) is 2.34. The zero-order valence-electron chi connectivity index (χ0n) is 14.4. The van der Waals surface area contributed by atoms with E-state index in [0.29, 0.717) is 0 Å².